The number of nitrogens with one attached hydrogen (secondary N) is 3. The zero-order valence-electron chi connectivity index (χ0n) is 24.0. The fraction of sp³-hybridized carbons (Fsp3) is 0.273. The average Bonchev–Trinajstić information content (AvgIpc) is 2.93. The maximum absolute atomic E-state index is 13.2. The van der Waals surface area contributed by atoms with Gasteiger partial charge in [0.15, 0.2) is 0 Å². The van der Waals surface area contributed by atoms with Crippen molar-refractivity contribution in [2.75, 3.05) is 5.32 Å². The average molecular weight is 553 g/mol. The molecule has 8 heteroatoms. The Morgan fingerprint density at radius 1 is 0.829 bits per heavy atom. The summed E-state index contributed by atoms with van der Waals surface area (Å²) < 4.78 is 0. The summed E-state index contributed by atoms with van der Waals surface area (Å²) >= 11 is 0. The Balaban J connectivity index is 1.43. The van der Waals surface area contributed by atoms with E-state index in [-0.39, 0.29) is 29.8 Å². The Kier molecular flexibility index (Phi) is 8.83. The number of hydrogen-bond acceptors (Lipinski definition) is 5. The number of hydrogen-bond donors (Lipinski definition) is 4. The SMILES string of the molecule is Cc1c(NC(=O)c2ccc3ccccc3n2)cccc1C(=O)N[C@@H](C)[C@H](O)Cc1ccccc1C(=O)NC(C)(C)C. The number of pyridine rings is 1. The van der Waals surface area contributed by atoms with Gasteiger partial charge in [-0.05, 0) is 76.1 Å². The molecule has 0 saturated carbocycles. The van der Waals surface area contributed by atoms with Gasteiger partial charge in [0.25, 0.3) is 17.7 Å². The third kappa shape index (κ3) is 7.35. The molecular formula is C33H36N4O4. The van der Waals surface area contributed by atoms with Gasteiger partial charge in [0.1, 0.15) is 5.69 Å². The molecule has 3 aromatic carbocycles. The molecule has 0 spiro atoms. The highest BCUT2D eigenvalue weighted by molar-refractivity contribution is 6.06. The summed E-state index contributed by atoms with van der Waals surface area (Å²) in [5.74, 6) is -0.979. The first-order chi connectivity index (χ1) is 19.4. The van der Waals surface area contributed by atoms with Gasteiger partial charge < -0.3 is 21.1 Å². The fourth-order valence-corrected chi connectivity index (χ4v) is 4.51. The molecular weight excluding hydrogens is 516 g/mol. The lowest BCUT2D eigenvalue weighted by molar-refractivity contribution is 0.0845. The Labute approximate surface area is 240 Å². The smallest absolute Gasteiger partial charge is 0.274 e. The second kappa shape index (κ2) is 12.3. The van der Waals surface area contributed by atoms with E-state index < -0.39 is 17.7 Å². The zero-order valence-corrected chi connectivity index (χ0v) is 24.0. The minimum absolute atomic E-state index is 0.184. The molecule has 4 aromatic rings. The van der Waals surface area contributed by atoms with Crippen molar-refractivity contribution >= 4 is 34.3 Å². The van der Waals surface area contributed by atoms with Crippen molar-refractivity contribution in [2.24, 2.45) is 0 Å². The van der Waals surface area contributed by atoms with E-state index in [1.54, 1.807) is 56.3 Å². The zero-order chi connectivity index (χ0) is 29.7. The lowest BCUT2D eigenvalue weighted by Gasteiger charge is -2.24. The van der Waals surface area contributed by atoms with Gasteiger partial charge in [0.2, 0.25) is 0 Å². The Hall–Kier alpha value is -4.56. The van der Waals surface area contributed by atoms with Crippen molar-refractivity contribution in [1.29, 1.82) is 0 Å². The highest BCUT2D eigenvalue weighted by atomic mass is 16.3. The van der Waals surface area contributed by atoms with E-state index >= 15 is 0 Å². The highest BCUT2D eigenvalue weighted by Crippen LogP contribution is 2.21. The number of carbonyl (C=O) groups is 3. The van der Waals surface area contributed by atoms with Crippen LogP contribution in [0.2, 0.25) is 0 Å². The number of amides is 3. The van der Waals surface area contributed by atoms with Crippen molar-refractivity contribution in [3.63, 3.8) is 0 Å². The van der Waals surface area contributed by atoms with Gasteiger partial charge in [-0.15, -0.1) is 0 Å². The molecule has 0 aliphatic heterocycles. The van der Waals surface area contributed by atoms with Crippen LogP contribution >= 0.6 is 0 Å². The summed E-state index contributed by atoms with van der Waals surface area (Å²) in [7, 11) is 0. The summed E-state index contributed by atoms with van der Waals surface area (Å²) in [6.45, 7) is 9.18. The van der Waals surface area contributed by atoms with Gasteiger partial charge in [-0.1, -0.05) is 48.5 Å². The van der Waals surface area contributed by atoms with Gasteiger partial charge in [-0.3, -0.25) is 14.4 Å². The topological polar surface area (TPSA) is 120 Å². The number of fused-ring (bicyclic) bond motifs is 1. The van der Waals surface area contributed by atoms with Crippen molar-refractivity contribution in [1.82, 2.24) is 15.6 Å². The van der Waals surface area contributed by atoms with Crippen molar-refractivity contribution in [2.45, 2.75) is 58.7 Å². The number of anilines is 1. The molecule has 4 rings (SSSR count). The van der Waals surface area contributed by atoms with Crippen LogP contribution in [0.3, 0.4) is 0 Å². The van der Waals surface area contributed by atoms with Crippen LogP contribution in [0.15, 0.2) is 78.9 Å². The van der Waals surface area contributed by atoms with Crippen LogP contribution in [-0.4, -0.2) is 45.5 Å². The predicted octanol–water partition coefficient (Wildman–Crippen LogP) is 5.05. The molecule has 0 unspecified atom stereocenters. The standard InChI is InChI=1S/C33H36N4O4/c1-20-24(14-10-16-26(20)36-32(41)28-18-17-22-11-7-9-15-27(22)35-28)30(39)34-21(2)29(38)19-23-12-6-8-13-25(23)31(40)37-33(3,4)5/h6-18,21,29,38H,19H2,1-5H3,(H,34,39)(H,36,41)(H,37,40)/t21-,29+/m0/s1. The molecule has 1 heterocycles. The molecule has 0 saturated heterocycles. The number of aliphatic hydroxyl groups excluding tert-OH is 1. The first-order valence-corrected chi connectivity index (χ1v) is 13.6. The van der Waals surface area contributed by atoms with Crippen molar-refractivity contribution in [3.05, 3.63) is 107 Å². The Morgan fingerprint density at radius 2 is 1.51 bits per heavy atom. The number of nitrogens with zero attached hydrogens (tertiary/aromatic N) is 1. The molecule has 3 amide bonds. The number of rotatable bonds is 8. The molecule has 212 valence electrons. The molecule has 8 nitrogen and oxygen atoms in total. The van der Waals surface area contributed by atoms with Gasteiger partial charge in [-0.2, -0.15) is 0 Å². The van der Waals surface area contributed by atoms with Gasteiger partial charge in [-0.25, -0.2) is 4.98 Å². The maximum Gasteiger partial charge on any atom is 0.274 e. The predicted molar refractivity (Wildman–Crippen MR) is 161 cm³/mol. The van der Waals surface area contributed by atoms with Crippen LogP contribution in [0.5, 0.6) is 0 Å². The number of para-hydroxylation sites is 1. The minimum atomic E-state index is -0.940. The second-order valence-corrected chi connectivity index (χ2v) is 11.2. The van der Waals surface area contributed by atoms with Crippen molar-refractivity contribution in [3.8, 4) is 0 Å². The molecule has 0 bridgehead atoms. The Bertz CT molecular complexity index is 1590. The van der Waals surface area contributed by atoms with Crippen LogP contribution in [0.25, 0.3) is 10.9 Å². The van der Waals surface area contributed by atoms with Crippen LogP contribution in [0.1, 0.15) is 70.0 Å². The van der Waals surface area contributed by atoms with E-state index in [2.05, 4.69) is 20.9 Å². The van der Waals surface area contributed by atoms with Crippen LogP contribution in [0, 0.1) is 6.92 Å². The number of carbonyl (C=O) groups excluding carboxylic acids is 3. The quantitative estimate of drug-likeness (QED) is 0.244. The third-order valence-corrected chi connectivity index (χ3v) is 6.77. The maximum atomic E-state index is 13.2. The second-order valence-electron chi connectivity index (χ2n) is 11.2. The van der Waals surface area contributed by atoms with E-state index in [0.29, 0.717) is 27.9 Å². The highest BCUT2D eigenvalue weighted by Gasteiger charge is 2.23. The monoisotopic (exact) mass is 552 g/mol. The number of aromatic nitrogens is 1. The summed E-state index contributed by atoms with van der Waals surface area (Å²) in [5, 5.41) is 20.5. The molecule has 1 aromatic heterocycles. The summed E-state index contributed by atoms with van der Waals surface area (Å²) in [4.78, 5) is 43.4. The number of aliphatic hydroxyl groups is 1. The van der Waals surface area contributed by atoms with Crippen LogP contribution < -0.4 is 16.0 Å². The van der Waals surface area contributed by atoms with Gasteiger partial charge in [0.05, 0.1) is 17.7 Å². The Morgan fingerprint density at radius 3 is 2.27 bits per heavy atom. The van der Waals surface area contributed by atoms with E-state index in [1.165, 1.54) is 0 Å². The summed E-state index contributed by atoms with van der Waals surface area (Å²) in [5.41, 5.74) is 3.21. The molecule has 0 fully saturated rings. The summed E-state index contributed by atoms with van der Waals surface area (Å²) in [6.07, 6.45) is -0.757. The van der Waals surface area contributed by atoms with E-state index in [4.69, 9.17) is 0 Å². The van der Waals surface area contributed by atoms with E-state index in [0.717, 1.165) is 10.9 Å². The third-order valence-electron chi connectivity index (χ3n) is 6.77. The van der Waals surface area contributed by atoms with E-state index in [9.17, 15) is 19.5 Å². The molecule has 4 N–H and O–H groups in total. The molecule has 2 atom stereocenters. The lowest BCUT2D eigenvalue weighted by Crippen LogP contribution is -2.43. The molecule has 0 aliphatic carbocycles. The minimum Gasteiger partial charge on any atom is -0.391 e. The van der Waals surface area contributed by atoms with Gasteiger partial charge >= 0.3 is 0 Å². The fourth-order valence-electron chi connectivity index (χ4n) is 4.51. The van der Waals surface area contributed by atoms with Crippen LogP contribution in [0.4, 0.5) is 5.69 Å². The van der Waals surface area contributed by atoms with Gasteiger partial charge in [0, 0.05) is 34.2 Å². The lowest BCUT2D eigenvalue weighted by atomic mass is 9.96. The molecule has 41 heavy (non-hydrogen) atoms. The van der Waals surface area contributed by atoms with Crippen LogP contribution in [-0.2, 0) is 6.42 Å². The first-order valence-electron chi connectivity index (χ1n) is 13.6. The van der Waals surface area contributed by atoms with Crippen molar-refractivity contribution < 1.29 is 19.5 Å². The molecule has 0 radical (unpaired) electrons. The van der Waals surface area contributed by atoms with E-state index in [1.807, 2.05) is 57.2 Å². The first kappa shape index (κ1) is 29.4. The molecule has 0 aliphatic rings. The normalized spacial score (nSPS) is 12.8. The summed E-state index contributed by atoms with van der Waals surface area (Å²) in [6, 6.07) is 22.7. The largest absolute Gasteiger partial charge is 0.391 e. The number of benzene rings is 3.